The molecule has 1 aromatic carbocycles. The number of pyridine rings is 1. The van der Waals surface area contributed by atoms with Gasteiger partial charge in [-0.2, -0.15) is 0 Å². The van der Waals surface area contributed by atoms with Crippen molar-refractivity contribution in [3.63, 3.8) is 0 Å². The number of hydrogen-bond donors (Lipinski definition) is 0. The molecular weight excluding hydrogens is 182 g/mol. The summed E-state index contributed by atoms with van der Waals surface area (Å²) in [6.07, 6.45) is 1.15. The van der Waals surface area contributed by atoms with Crippen molar-refractivity contribution in [3.05, 3.63) is 53.2 Å². The third kappa shape index (κ3) is 1.91. The first kappa shape index (κ1) is 4.93. The van der Waals surface area contributed by atoms with E-state index in [4.69, 9.17) is 8.22 Å². The molecule has 0 aliphatic rings. The predicted octanol–water partition coefficient (Wildman–Crippen LogP) is 3.67. The predicted molar refractivity (Wildman–Crippen MR) is 63.9 cm³/mol. The van der Waals surface area contributed by atoms with Crippen LogP contribution in [0.2, 0.25) is 0 Å². The van der Waals surface area contributed by atoms with E-state index >= 15 is 0 Å². The van der Waals surface area contributed by atoms with Crippen molar-refractivity contribution in [2.75, 3.05) is 0 Å². The summed E-state index contributed by atoms with van der Waals surface area (Å²) in [5, 5.41) is 0. The average molecular weight is 203 g/mol. The molecule has 0 fully saturated rings. The SMILES string of the molecule is [2H]C([2H])([2H])c1cnc(-c2ccccc2C)cc1C([2H])([2H])[2H]. The fourth-order valence-electron chi connectivity index (χ4n) is 1.46. The maximum Gasteiger partial charge on any atom is 0.0707 e. The highest BCUT2D eigenvalue weighted by atomic mass is 14.7. The molecule has 0 aliphatic carbocycles. The molecule has 0 saturated heterocycles. The first-order chi connectivity index (χ1) is 9.60. The van der Waals surface area contributed by atoms with Crippen molar-refractivity contribution in [1.82, 2.24) is 4.98 Å². The Kier molecular flexibility index (Phi) is 1.27. The fourth-order valence-corrected chi connectivity index (χ4v) is 1.46. The lowest BCUT2D eigenvalue weighted by Gasteiger charge is -2.06. The molecule has 1 heteroatoms. The van der Waals surface area contributed by atoms with Gasteiger partial charge in [0.2, 0.25) is 0 Å². The van der Waals surface area contributed by atoms with Crippen molar-refractivity contribution >= 4 is 0 Å². The Morgan fingerprint density at radius 1 is 1.07 bits per heavy atom. The van der Waals surface area contributed by atoms with E-state index in [1.165, 1.54) is 6.07 Å². The maximum atomic E-state index is 7.56. The van der Waals surface area contributed by atoms with Gasteiger partial charge in [-0.25, -0.2) is 0 Å². The highest BCUT2D eigenvalue weighted by Crippen LogP contribution is 2.22. The Labute approximate surface area is 99.2 Å². The van der Waals surface area contributed by atoms with Crippen molar-refractivity contribution in [2.45, 2.75) is 20.6 Å². The largest absolute Gasteiger partial charge is 0.256 e. The molecular formula is C14H15N. The highest BCUT2D eigenvalue weighted by molar-refractivity contribution is 5.64. The van der Waals surface area contributed by atoms with Crippen LogP contribution in [-0.4, -0.2) is 4.98 Å². The van der Waals surface area contributed by atoms with Gasteiger partial charge >= 0.3 is 0 Å². The lowest BCUT2D eigenvalue weighted by atomic mass is 10.0. The van der Waals surface area contributed by atoms with Crippen molar-refractivity contribution in [2.24, 2.45) is 0 Å². The van der Waals surface area contributed by atoms with Gasteiger partial charge in [0.05, 0.1) is 5.69 Å². The van der Waals surface area contributed by atoms with Crippen molar-refractivity contribution in [1.29, 1.82) is 0 Å². The summed E-state index contributed by atoms with van der Waals surface area (Å²) in [6.45, 7) is -3.10. The molecule has 0 amide bonds. The Hall–Kier alpha value is -1.63. The first-order valence-corrected chi connectivity index (χ1v) is 4.68. The molecule has 0 saturated carbocycles. The van der Waals surface area contributed by atoms with Crippen LogP contribution in [0.3, 0.4) is 0 Å². The van der Waals surface area contributed by atoms with Crippen LogP contribution < -0.4 is 0 Å². The molecule has 1 heterocycles. The fraction of sp³-hybridized carbons (Fsp3) is 0.214. The van der Waals surface area contributed by atoms with Gasteiger partial charge in [0.25, 0.3) is 0 Å². The molecule has 1 aromatic heterocycles. The van der Waals surface area contributed by atoms with Crippen LogP contribution in [-0.2, 0) is 0 Å². The number of rotatable bonds is 1. The number of hydrogen-bond acceptors (Lipinski definition) is 1. The lowest BCUT2D eigenvalue weighted by molar-refractivity contribution is 1.21. The van der Waals surface area contributed by atoms with Gasteiger partial charge in [0.15, 0.2) is 0 Å². The van der Waals surface area contributed by atoms with Crippen LogP contribution in [0.5, 0.6) is 0 Å². The minimum atomic E-state index is -2.50. The molecule has 0 bridgehead atoms. The van der Waals surface area contributed by atoms with Crippen LogP contribution in [0.25, 0.3) is 11.3 Å². The smallest absolute Gasteiger partial charge is 0.0707 e. The minimum Gasteiger partial charge on any atom is -0.256 e. The van der Waals surface area contributed by atoms with E-state index in [9.17, 15) is 0 Å². The summed E-state index contributed by atoms with van der Waals surface area (Å²) in [4.78, 5) is 4.14. The van der Waals surface area contributed by atoms with Gasteiger partial charge in [0.1, 0.15) is 0 Å². The van der Waals surface area contributed by atoms with Gasteiger partial charge < -0.3 is 0 Å². The molecule has 1 nitrogen and oxygen atoms in total. The molecule has 76 valence electrons. The third-order valence-electron chi connectivity index (χ3n) is 2.32. The zero-order valence-electron chi connectivity index (χ0n) is 14.4. The van der Waals surface area contributed by atoms with Gasteiger partial charge in [-0.1, -0.05) is 24.3 Å². The Bertz CT molecular complexity index is 657. The Balaban J connectivity index is 2.66. The standard InChI is InChI=1S/C14H15N/c1-10-6-4-5-7-13(10)14-8-11(2)12(3)9-15-14/h4-9H,1-3H3/i2D3,3D3. The number of benzene rings is 1. The zero-order chi connectivity index (χ0) is 15.8. The second-order valence-corrected chi connectivity index (χ2v) is 3.43. The first-order valence-electron chi connectivity index (χ1n) is 7.68. The second kappa shape index (κ2) is 3.85. The topological polar surface area (TPSA) is 12.9 Å². The maximum absolute atomic E-state index is 7.56. The van der Waals surface area contributed by atoms with E-state index in [0.717, 1.165) is 17.3 Å². The van der Waals surface area contributed by atoms with E-state index in [-0.39, 0.29) is 11.1 Å². The summed E-state index contributed by atoms with van der Waals surface area (Å²) in [6, 6.07) is 8.79. The summed E-state index contributed by atoms with van der Waals surface area (Å²) < 4.78 is 45.0. The Morgan fingerprint density at radius 3 is 2.60 bits per heavy atom. The van der Waals surface area contributed by atoms with Crippen LogP contribution >= 0.6 is 0 Å². The Morgan fingerprint density at radius 2 is 1.87 bits per heavy atom. The monoisotopic (exact) mass is 203 g/mol. The number of aryl methyl sites for hydroxylation is 3. The molecule has 15 heavy (non-hydrogen) atoms. The lowest BCUT2D eigenvalue weighted by Crippen LogP contribution is -1.90. The van der Waals surface area contributed by atoms with Crippen LogP contribution in [0.1, 0.15) is 24.9 Å². The van der Waals surface area contributed by atoms with Gasteiger partial charge in [0, 0.05) is 20.0 Å². The van der Waals surface area contributed by atoms with E-state index in [0.29, 0.717) is 5.69 Å². The van der Waals surface area contributed by atoms with E-state index < -0.39 is 13.7 Å². The van der Waals surface area contributed by atoms with Crippen molar-refractivity contribution < 1.29 is 8.22 Å². The van der Waals surface area contributed by atoms with Gasteiger partial charge in [-0.3, -0.25) is 4.98 Å². The summed E-state index contributed by atoms with van der Waals surface area (Å²) in [5.74, 6) is 0. The van der Waals surface area contributed by atoms with Crippen LogP contribution in [0.15, 0.2) is 36.5 Å². The zero-order valence-corrected chi connectivity index (χ0v) is 8.41. The molecule has 0 unspecified atom stereocenters. The highest BCUT2D eigenvalue weighted by Gasteiger charge is 2.03. The molecule has 0 atom stereocenters. The number of aromatic nitrogens is 1. The van der Waals surface area contributed by atoms with Gasteiger partial charge in [-0.15, -0.1) is 0 Å². The minimum absolute atomic E-state index is 0.171. The molecule has 0 spiro atoms. The third-order valence-corrected chi connectivity index (χ3v) is 2.32. The van der Waals surface area contributed by atoms with Crippen molar-refractivity contribution in [3.8, 4) is 11.3 Å². The normalized spacial score (nSPS) is 17.9. The summed E-state index contributed by atoms with van der Waals surface area (Å²) >= 11 is 0. The molecule has 0 N–H and O–H groups in total. The van der Waals surface area contributed by atoms with Gasteiger partial charge in [-0.05, 0) is 43.4 Å². The average Bonchev–Trinajstić information content (AvgIpc) is 2.36. The van der Waals surface area contributed by atoms with Crippen LogP contribution in [0.4, 0.5) is 0 Å². The summed E-state index contributed by atoms with van der Waals surface area (Å²) in [7, 11) is 0. The molecule has 2 aromatic rings. The quantitative estimate of drug-likeness (QED) is 0.689. The molecule has 0 radical (unpaired) electrons. The van der Waals surface area contributed by atoms with E-state index in [1.807, 2.05) is 31.2 Å². The molecule has 2 rings (SSSR count). The van der Waals surface area contributed by atoms with Crippen LogP contribution in [0, 0.1) is 20.6 Å². The summed E-state index contributed by atoms with van der Waals surface area (Å²) in [5.41, 5.74) is 1.81. The second-order valence-electron chi connectivity index (χ2n) is 3.43. The molecule has 0 aliphatic heterocycles. The van der Waals surface area contributed by atoms with E-state index in [2.05, 4.69) is 4.98 Å². The number of nitrogens with zero attached hydrogens (tertiary/aromatic N) is 1. The van der Waals surface area contributed by atoms with E-state index in [1.54, 1.807) is 0 Å².